The smallest absolute Gasteiger partial charge is 0.282 e. The molecule has 0 aliphatic heterocycles. The molecule has 0 aliphatic rings. The molecule has 1 aromatic heterocycles. The molecule has 0 fully saturated rings. The lowest BCUT2D eigenvalue weighted by atomic mass is 10.3. The van der Waals surface area contributed by atoms with Crippen LogP contribution in [0.5, 0.6) is 0 Å². The van der Waals surface area contributed by atoms with E-state index in [1.54, 1.807) is 6.07 Å². The van der Waals surface area contributed by atoms with E-state index >= 15 is 0 Å². The minimum atomic E-state index is -3.13. The second-order valence-electron chi connectivity index (χ2n) is 3.00. The van der Waals surface area contributed by atoms with Gasteiger partial charge >= 0.3 is 0 Å². The molecule has 0 aliphatic carbocycles. The van der Waals surface area contributed by atoms with E-state index in [0.29, 0.717) is 5.76 Å². The Morgan fingerprint density at radius 1 is 1.53 bits per heavy atom. The molecule has 4 nitrogen and oxygen atoms in total. The highest BCUT2D eigenvalue weighted by molar-refractivity contribution is 5.18. The molecule has 1 heterocycles. The van der Waals surface area contributed by atoms with Crippen LogP contribution < -0.4 is 5.32 Å². The summed E-state index contributed by atoms with van der Waals surface area (Å²) in [7, 11) is 0. The second-order valence-corrected chi connectivity index (χ2v) is 3.00. The maximum atomic E-state index is 12.5. The van der Waals surface area contributed by atoms with E-state index in [4.69, 9.17) is 14.8 Å². The summed E-state index contributed by atoms with van der Waals surface area (Å²) in [6.45, 7) is -1.73. The van der Waals surface area contributed by atoms with E-state index in [1.165, 1.54) is 12.1 Å². The van der Waals surface area contributed by atoms with E-state index in [-0.39, 0.29) is 12.3 Å². The lowest BCUT2D eigenvalue weighted by Gasteiger charge is -2.12. The summed E-state index contributed by atoms with van der Waals surface area (Å²) in [4.78, 5) is 0. The maximum Gasteiger partial charge on any atom is 0.282 e. The summed E-state index contributed by atoms with van der Waals surface area (Å²) >= 11 is 0. The van der Waals surface area contributed by atoms with Crippen molar-refractivity contribution >= 4 is 0 Å². The van der Waals surface area contributed by atoms with Crippen LogP contribution in [0.4, 0.5) is 8.78 Å². The Kier molecular flexibility index (Phi) is 3.77. The van der Waals surface area contributed by atoms with Crippen LogP contribution in [0, 0.1) is 11.3 Å². The minimum absolute atomic E-state index is 0.0945. The standard InChI is InChI=1S/C9H10F2N2O2/c10-9(11,6-14)5-13-4-8-2-1-7(3-12)15-8/h1-2,13-14H,4-6H2. The number of hydrogen-bond acceptors (Lipinski definition) is 4. The van der Waals surface area contributed by atoms with Crippen LogP contribution in [0.25, 0.3) is 0 Å². The molecule has 82 valence electrons. The van der Waals surface area contributed by atoms with Crippen molar-refractivity contribution in [2.75, 3.05) is 13.2 Å². The van der Waals surface area contributed by atoms with Gasteiger partial charge in [0.25, 0.3) is 5.92 Å². The quantitative estimate of drug-likeness (QED) is 0.766. The molecule has 0 saturated heterocycles. The van der Waals surface area contributed by atoms with Gasteiger partial charge in [-0.3, -0.25) is 0 Å². The van der Waals surface area contributed by atoms with Crippen molar-refractivity contribution in [3.63, 3.8) is 0 Å². The number of nitrogens with one attached hydrogen (secondary N) is 1. The molecule has 0 saturated carbocycles. The van der Waals surface area contributed by atoms with E-state index in [9.17, 15) is 8.78 Å². The number of nitriles is 1. The average molecular weight is 216 g/mol. The first-order valence-corrected chi connectivity index (χ1v) is 4.25. The van der Waals surface area contributed by atoms with Crippen molar-refractivity contribution in [3.05, 3.63) is 23.7 Å². The molecule has 1 aromatic rings. The van der Waals surface area contributed by atoms with Crippen molar-refractivity contribution in [3.8, 4) is 6.07 Å². The Balaban J connectivity index is 2.35. The van der Waals surface area contributed by atoms with Crippen molar-refractivity contribution < 1.29 is 18.3 Å². The average Bonchev–Trinajstić information content (AvgIpc) is 2.66. The van der Waals surface area contributed by atoms with Crippen molar-refractivity contribution in [1.82, 2.24) is 5.32 Å². The second kappa shape index (κ2) is 4.87. The topological polar surface area (TPSA) is 69.2 Å². The molecule has 0 spiro atoms. The molecule has 0 amide bonds. The summed E-state index contributed by atoms with van der Waals surface area (Å²) in [5.41, 5.74) is 0. The van der Waals surface area contributed by atoms with Crippen molar-refractivity contribution in [1.29, 1.82) is 5.26 Å². The highest BCUT2D eigenvalue weighted by atomic mass is 19.3. The summed E-state index contributed by atoms with van der Waals surface area (Å²) in [6, 6.07) is 4.77. The molecule has 0 bridgehead atoms. The fraction of sp³-hybridized carbons (Fsp3) is 0.444. The van der Waals surface area contributed by atoms with Crippen LogP contribution in [-0.4, -0.2) is 24.2 Å². The Labute approximate surface area is 85.1 Å². The molecule has 1 rings (SSSR count). The van der Waals surface area contributed by atoms with Gasteiger partial charge in [0.05, 0.1) is 13.1 Å². The van der Waals surface area contributed by atoms with Gasteiger partial charge in [-0.25, -0.2) is 8.78 Å². The zero-order chi connectivity index (χ0) is 11.3. The maximum absolute atomic E-state index is 12.5. The van der Waals surface area contributed by atoms with Crippen molar-refractivity contribution in [2.45, 2.75) is 12.5 Å². The third kappa shape index (κ3) is 3.65. The number of nitrogens with zero attached hydrogens (tertiary/aromatic N) is 1. The monoisotopic (exact) mass is 216 g/mol. The van der Waals surface area contributed by atoms with Gasteiger partial charge in [0.1, 0.15) is 18.4 Å². The number of alkyl halides is 2. The Morgan fingerprint density at radius 2 is 2.27 bits per heavy atom. The number of aliphatic hydroxyl groups is 1. The highest BCUT2D eigenvalue weighted by Crippen LogP contribution is 2.11. The molecule has 0 radical (unpaired) electrons. The Bertz CT molecular complexity index is 357. The lowest BCUT2D eigenvalue weighted by Crippen LogP contribution is -2.35. The van der Waals surface area contributed by atoms with Crippen molar-refractivity contribution in [2.24, 2.45) is 0 Å². The van der Waals surface area contributed by atoms with Gasteiger partial charge in [0.2, 0.25) is 5.76 Å². The van der Waals surface area contributed by atoms with Crippen LogP contribution in [-0.2, 0) is 6.54 Å². The van der Waals surface area contributed by atoms with Crippen LogP contribution in [0.15, 0.2) is 16.5 Å². The Morgan fingerprint density at radius 3 is 2.80 bits per heavy atom. The summed E-state index contributed by atoms with van der Waals surface area (Å²) < 4.78 is 30.0. The largest absolute Gasteiger partial charge is 0.449 e. The molecular formula is C9H10F2N2O2. The number of rotatable bonds is 5. The van der Waals surface area contributed by atoms with Gasteiger partial charge in [-0.05, 0) is 12.1 Å². The first-order chi connectivity index (χ1) is 7.07. The zero-order valence-corrected chi connectivity index (χ0v) is 7.83. The molecule has 0 aromatic carbocycles. The van der Waals surface area contributed by atoms with Gasteiger partial charge in [-0.15, -0.1) is 0 Å². The number of furan rings is 1. The highest BCUT2D eigenvalue weighted by Gasteiger charge is 2.26. The zero-order valence-electron chi connectivity index (χ0n) is 7.83. The number of aliphatic hydroxyl groups excluding tert-OH is 1. The SMILES string of the molecule is N#Cc1ccc(CNCC(F)(F)CO)o1. The molecule has 6 heteroatoms. The van der Waals surface area contributed by atoms with E-state index in [2.05, 4.69) is 5.32 Å². The molecule has 2 N–H and O–H groups in total. The van der Waals surface area contributed by atoms with E-state index < -0.39 is 19.1 Å². The Hall–Kier alpha value is -1.45. The van der Waals surface area contributed by atoms with Crippen LogP contribution in [0.2, 0.25) is 0 Å². The van der Waals surface area contributed by atoms with Gasteiger partial charge in [-0.1, -0.05) is 0 Å². The fourth-order valence-corrected chi connectivity index (χ4v) is 0.957. The van der Waals surface area contributed by atoms with Crippen LogP contribution in [0.3, 0.4) is 0 Å². The van der Waals surface area contributed by atoms with E-state index in [1.807, 2.05) is 0 Å². The predicted octanol–water partition coefficient (Wildman–Crippen LogP) is 0.868. The molecule has 15 heavy (non-hydrogen) atoms. The third-order valence-electron chi connectivity index (χ3n) is 1.69. The number of hydrogen-bond donors (Lipinski definition) is 2. The van der Waals surface area contributed by atoms with Gasteiger partial charge in [0, 0.05) is 0 Å². The van der Waals surface area contributed by atoms with Gasteiger partial charge in [-0.2, -0.15) is 5.26 Å². The van der Waals surface area contributed by atoms with Crippen LogP contribution >= 0.6 is 0 Å². The molecule has 0 atom stereocenters. The molecule has 0 unspecified atom stereocenters. The third-order valence-corrected chi connectivity index (χ3v) is 1.69. The summed E-state index contributed by atoms with van der Waals surface area (Å²) in [6.07, 6.45) is 0. The summed E-state index contributed by atoms with van der Waals surface area (Å²) in [5, 5.41) is 19.1. The van der Waals surface area contributed by atoms with Crippen LogP contribution in [0.1, 0.15) is 11.5 Å². The fourth-order valence-electron chi connectivity index (χ4n) is 0.957. The van der Waals surface area contributed by atoms with Gasteiger partial charge in [0.15, 0.2) is 0 Å². The molecular weight excluding hydrogens is 206 g/mol. The number of halogens is 2. The lowest BCUT2D eigenvalue weighted by molar-refractivity contribution is -0.0479. The van der Waals surface area contributed by atoms with E-state index in [0.717, 1.165) is 0 Å². The first-order valence-electron chi connectivity index (χ1n) is 4.25. The first kappa shape index (κ1) is 11.6. The normalized spacial score (nSPS) is 11.3. The van der Waals surface area contributed by atoms with Gasteiger partial charge < -0.3 is 14.8 Å². The minimum Gasteiger partial charge on any atom is -0.449 e. The predicted molar refractivity (Wildman–Crippen MR) is 47.2 cm³/mol. The summed E-state index contributed by atoms with van der Waals surface area (Å²) in [5.74, 6) is -2.59.